The summed E-state index contributed by atoms with van der Waals surface area (Å²) in [5.41, 5.74) is 3.09. The van der Waals surface area contributed by atoms with Crippen LogP contribution in [0.3, 0.4) is 0 Å². The van der Waals surface area contributed by atoms with Crippen LogP contribution < -0.4 is 9.64 Å². The number of carbonyl (C=O) groups is 1. The standard InChI is InChI=1S/C27H33N7O4/c1-32(20-13-18-6-7-19(14-20)34(18)27(35)36)24-11-10-23(30-31-24)22-9-8-21(26(29-22)37-2)17-15-28-33(16-17)25-5-3-4-12-38-25/h8-11,15-16,18-20,25H,3-7,12-14H2,1-2H3,(H,35,36)/t18-,19+,20?,25?. The Bertz CT molecular complexity index is 1280. The molecule has 200 valence electrons. The first-order chi connectivity index (χ1) is 18.5. The number of amides is 1. The Balaban J connectivity index is 1.17. The molecule has 1 N–H and O–H groups in total. The number of carboxylic acid groups (broad SMARTS) is 1. The molecule has 3 fully saturated rings. The number of anilines is 1. The lowest BCUT2D eigenvalue weighted by Gasteiger charge is -2.41. The number of hydrogen-bond acceptors (Lipinski definition) is 8. The summed E-state index contributed by atoms with van der Waals surface area (Å²) in [6, 6.07) is 8.16. The third-order valence-corrected chi connectivity index (χ3v) is 8.17. The van der Waals surface area contributed by atoms with Crippen LogP contribution in [-0.4, -0.2) is 80.0 Å². The minimum absolute atomic E-state index is 0.0254. The number of nitrogens with zero attached hydrogens (tertiary/aromatic N) is 7. The van der Waals surface area contributed by atoms with Crippen LogP contribution in [0.15, 0.2) is 36.7 Å². The van der Waals surface area contributed by atoms with E-state index in [9.17, 15) is 9.90 Å². The number of rotatable bonds is 6. The van der Waals surface area contributed by atoms with Gasteiger partial charge in [0.1, 0.15) is 11.9 Å². The van der Waals surface area contributed by atoms with E-state index in [0.29, 0.717) is 17.3 Å². The molecule has 3 aromatic rings. The quantitative estimate of drug-likeness (QED) is 0.510. The highest BCUT2D eigenvalue weighted by atomic mass is 16.5. The Kier molecular flexibility index (Phi) is 6.61. The van der Waals surface area contributed by atoms with E-state index >= 15 is 0 Å². The maximum atomic E-state index is 11.6. The molecule has 0 spiro atoms. The highest BCUT2D eigenvalue weighted by molar-refractivity contribution is 5.70. The lowest BCUT2D eigenvalue weighted by atomic mass is 9.96. The number of fused-ring (bicyclic) bond motifs is 2. The predicted octanol–water partition coefficient (Wildman–Crippen LogP) is 4.22. The average Bonchev–Trinajstić information content (AvgIpc) is 3.55. The first-order valence-corrected chi connectivity index (χ1v) is 13.3. The number of aromatic nitrogens is 5. The molecular weight excluding hydrogens is 486 g/mol. The summed E-state index contributed by atoms with van der Waals surface area (Å²) >= 11 is 0. The average molecular weight is 520 g/mol. The third kappa shape index (κ3) is 4.55. The zero-order valence-corrected chi connectivity index (χ0v) is 21.7. The molecule has 2 unspecified atom stereocenters. The molecule has 4 atom stereocenters. The van der Waals surface area contributed by atoms with Crippen molar-refractivity contribution in [2.24, 2.45) is 0 Å². The fourth-order valence-electron chi connectivity index (χ4n) is 6.14. The molecule has 6 rings (SSSR count). The molecular formula is C27H33N7O4. The highest BCUT2D eigenvalue weighted by Crippen LogP contribution is 2.38. The van der Waals surface area contributed by atoms with Crippen molar-refractivity contribution < 1.29 is 19.4 Å². The van der Waals surface area contributed by atoms with E-state index in [1.54, 1.807) is 12.0 Å². The van der Waals surface area contributed by atoms with E-state index in [1.807, 2.05) is 48.4 Å². The second-order valence-corrected chi connectivity index (χ2v) is 10.4. The van der Waals surface area contributed by atoms with Crippen LogP contribution in [0.5, 0.6) is 5.88 Å². The first-order valence-electron chi connectivity index (χ1n) is 13.3. The van der Waals surface area contributed by atoms with Gasteiger partial charge in [-0.3, -0.25) is 0 Å². The Morgan fingerprint density at radius 2 is 1.87 bits per heavy atom. The van der Waals surface area contributed by atoms with E-state index in [2.05, 4.69) is 20.2 Å². The Hall–Kier alpha value is -3.73. The number of hydrogen-bond donors (Lipinski definition) is 1. The highest BCUT2D eigenvalue weighted by Gasteiger charge is 2.44. The minimum Gasteiger partial charge on any atom is -0.481 e. The maximum absolute atomic E-state index is 11.6. The van der Waals surface area contributed by atoms with Crippen molar-refractivity contribution in [3.05, 3.63) is 36.7 Å². The summed E-state index contributed by atoms with van der Waals surface area (Å²) in [6.45, 7) is 0.764. The van der Waals surface area contributed by atoms with Crippen LogP contribution in [0.2, 0.25) is 0 Å². The Morgan fingerprint density at radius 1 is 1.08 bits per heavy atom. The van der Waals surface area contributed by atoms with Crippen molar-refractivity contribution in [3.63, 3.8) is 0 Å². The van der Waals surface area contributed by atoms with Crippen molar-refractivity contribution in [3.8, 4) is 28.4 Å². The number of piperidine rings is 1. The van der Waals surface area contributed by atoms with Gasteiger partial charge in [0.15, 0.2) is 5.82 Å². The predicted molar refractivity (Wildman–Crippen MR) is 140 cm³/mol. The Morgan fingerprint density at radius 3 is 2.53 bits per heavy atom. The number of methoxy groups -OCH3 is 1. The molecule has 3 aromatic heterocycles. The minimum atomic E-state index is -0.802. The van der Waals surface area contributed by atoms with Gasteiger partial charge in [0, 0.05) is 49.1 Å². The molecule has 0 saturated carbocycles. The van der Waals surface area contributed by atoms with E-state index in [1.165, 1.54) is 0 Å². The van der Waals surface area contributed by atoms with Gasteiger partial charge in [-0.1, -0.05) is 0 Å². The van der Waals surface area contributed by atoms with Gasteiger partial charge < -0.3 is 24.4 Å². The van der Waals surface area contributed by atoms with Crippen molar-refractivity contribution in [2.45, 2.75) is 69.3 Å². The SMILES string of the molecule is COc1nc(-c2ccc(N(C)C3C[C@H]4CC[C@@H](C3)N4C(=O)O)nn2)ccc1-c1cnn(C2CCCCO2)c1. The molecule has 6 heterocycles. The van der Waals surface area contributed by atoms with Crippen LogP contribution in [0, 0.1) is 0 Å². The van der Waals surface area contributed by atoms with Gasteiger partial charge in [0.25, 0.3) is 0 Å². The fraction of sp³-hybridized carbons (Fsp3) is 0.519. The molecule has 3 aliphatic rings. The molecule has 0 radical (unpaired) electrons. The second-order valence-electron chi connectivity index (χ2n) is 10.4. The second kappa shape index (κ2) is 10.2. The van der Waals surface area contributed by atoms with Crippen LogP contribution in [0.25, 0.3) is 22.5 Å². The van der Waals surface area contributed by atoms with E-state index in [0.717, 1.165) is 68.5 Å². The summed E-state index contributed by atoms with van der Waals surface area (Å²) < 4.78 is 13.4. The maximum Gasteiger partial charge on any atom is 0.407 e. The van der Waals surface area contributed by atoms with E-state index in [-0.39, 0.29) is 24.4 Å². The molecule has 0 aromatic carbocycles. The smallest absolute Gasteiger partial charge is 0.407 e. The molecule has 0 aliphatic carbocycles. The summed E-state index contributed by atoms with van der Waals surface area (Å²) in [5.74, 6) is 1.26. The first kappa shape index (κ1) is 24.6. The molecule has 11 heteroatoms. The normalized spacial score (nSPS) is 24.8. The van der Waals surface area contributed by atoms with Crippen LogP contribution >= 0.6 is 0 Å². The monoisotopic (exact) mass is 519 g/mol. The van der Waals surface area contributed by atoms with E-state index in [4.69, 9.17) is 14.5 Å². The molecule has 3 aliphatic heterocycles. The molecule has 1 amide bonds. The van der Waals surface area contributed by atoms with Crippen molar-refractivity contribution in [1.29, 1.82) is 0 Å². The third-order valence-electron chi connectivity index (χ3n) is 8.17. The molecule has 11 nitrogen and oxygen atoms in total. The number of pyridine rings is 1. The summed E-state index contributed by atoms with van der Waals surface area (Å²) in [6.07, 6.45) is 9.65. The zero-order valence-electron chi connectivity index (χ0n) is 21.7. The Labute approximate surface area is 221 Å². The van der Waals surface area contributed by atoms with Gasteiger partial charge in [0.2, 0.25) is 5.88 Å². The van der Waals surface area contributed by atoms with Gasteiger partial charge in [-0.25, -0.2) is 14.5 Å². The largest absolute Gasteiger partial charge is 0.481 e. The topological polar surface area (TPSA) is 119 Å². The van der Waals surface area contributed by atoms with E-state index < -0.39 is 6.09 Å². The lowest BCUT2D eigenvalue weighted by Crippen LogP contribution is -2.51. The fourth-order valence-corrected chi connectivity index (χ4v) is 6.14. The lowest BCUT2D eigenvalue weighted by molar-refractivity contribution is -0.0394. The van der Waals surface area contributed by atoms with Gasteiger partial charge >= 0.3 is 6.09 Å². The van der Waals surface area contributed by atoms with Crippen LogP contribution in [-0.2, 0) is 4.74 Å². The molecule has 38 heavy (non-hydrogen) atoms. The summed E-state index contributed by atoms with van der Waals surface area (Å²) in [7, 11) is 3.62. The molecule has 3 saturated heterocycles. The molecule has 2 bridgehead atoms. The van der Waals surface area contributed by atoms with Gasteiger partial charge in [-0.2, -0.15) is 5.10 Å². The number of ether oxygens (including phenoxy) is 2. The van der Waals surface area contributed by atoms with Gasteiger partial charge in [0.05, 0.1) is 19.0 Å². The van der Waals surface area contributed by atoms with Crippen LogP contribution in [0.1, 0.15) is 51.2 Å². The van der Waals surface area contributed by atoms with Crippen molar-refractivity contribution >= 4 is 11.9 Å². The summed E-state index contributed by atoms with van der Waals surface area (Å²) in [4.78, 5) is 20.1. The van der Waals surface area contributed by atoms with Crippen molar-refractivity contribution in [1.82, 2.24) is 29.9 Å². The van der Waals surface area contributed by atoms with Gasteiger partial charge in [-0.05, 0) is 69.2 Å². The van der Waals surface area contributed by atoms with Gasteiger partial charge in [-0.15, -0.1) is 10.2 Å². The zero-order chi connectivity index (χ0) is 26.2. The van der Waals surface area contributed by atoms with Crippen LogP contribution in [0.4, 0.5) is 10.6 Å². The van der Waals surface area contributed by atoms with Crippen molar-refractivity contribution in [2.75, 3.05) is 25.7 Å². The summed E-state index contributed by atoms with van der Waals surface area (Å²) in [5, 5.41) is 23.0.